The third-order valence-electron chi connectivity index (χ3n) is 8.15. The first-order chi connectivity index (χ1) is 21.5. The Morgan fingerprint density at radius 3 is 1.83 bits per heavy atom. The number of amides is 2. The maximum absolute atomic E-state index is 13.3. The number of alkyl carbamates (subject to hydrolysis) is 2. The summed E-state index contributed by atoms with van der Waals surface area (Å²) >= 11 is 3.52. The van der Waals surface area contributed by atoms with Crippen molar-refractivity contribution in [1.29, 1.82) is 0 Å². The highest BCUT2D eigenvalue weighted by molar-refractivity contribution is 9.10. The van der Waals surface area contributed by atoms with Gasteiger partial charge in [0, 0.05) is 10.5 Å². The van der Waals surface area contributed by atoms with Crippen LogP contribution >= 0.6 is 15.9 Å². The number of carbonyl (C=O) groups excluding carboxylic acids is 2. The number of halogens is 1. The molecule has 0 aliphatic rings. The van der Waals surface area contributed by atoms with E-state index in [4.69, 9.17) is 13.9 Å². The molecule has 0 bridgehead atoms. The van der Waals surface area contributed by atoms with Crippen molar-refractivity contribution < 1.29 is 23.5 Å². The fraction of sp³-hybridized carbons (Fsp3) is 0.459. The Hall–Kier alpha value is -3.14. The van der Waals surface area contributed by atoms with Crippen LogP contribution in [0, 0.1) is 0 Å². The molecule has 7 nitrogen and oxygen atoms in total. The number of hydrogen-bond acceptors (Lipinski definition) is 5. The standard InChI is InChI=1S/C37H51BrN2O5Si/c1-36(2,3)44-35(42)40-32(24-27-15-11-9-12-16-27)33(45-46(7,8)37(4,5)6)25-31(23-28-19-21-30(38)22-20-28)39-34(41)43-26-29-17-13-10-14-18-29/h9-22,31-33H,23-26H2,1-8H3,(H,39,41)(H,40,42)/t31-,32+,33+/m1/s1. The largest absolute Gasteiger partial charge is 0.445 e. The van der Waals surface area contributed by atoms with Crippen LogP contribution in [0.4, 0.5) is 9.59 Å². The van der Waals surface area contributed by atoms with Crippen LogP contribution in [0.15, 0.2) is 89.4 Å². The highest BCUT2D eigenvalue weighted by Crippen LogP contribution is 2.38. The van der Waals surface area contributed by atoms with Crippen molar-refractivity contribution in [2.75, 3.05) is 0 Å². The first kappa shape index (κ1) is 37.3. The van der Waals surface area contributed by atoms with Gasteiger partial charge in [-0.3, -0.25) is 0 Å². The lowest BCUT2D eigenvalue weighted by molar-refractivity contribution is 0.0412. The zero-order valence-corrected chi connectivity index (χ0v) is 31.1. The average molecular weight is 712 g/mol. The van der Waals surface area contributed by atoms with E-state index in [0.717, 1.165) is 21.2 Å². The molecule has 0 radical (unpaired) electrons. The second-order valence-corrected chi connectivity index (χ2v) is 20.0. The van der Waals surface area contributed by atoms with E-state index in [0.29, 0.717) is 19.3 Å². The van der Waals surface area contributed by atoms with Crippen LogP contribution in [0.3, 0.4) is 0 Å². The molecule has 0 saturated carbocycles. The third kappa shape index (κ3) is 12.9. The number of hydrogen-bond donors (Lipinski definition) is 2. The quantitative estimate of drug-likeness (QED) is 0.173. The molecule has 0 aliphatic carbocycles. The zero-order chi connectivity index (χ0) is 34.0. The molecule has 0 unspecified atom stereocenters. The Morgan fingerprint density at radius 1 is 0.739 bits per heavy atom. The topological polar surface area (TPSA) is 85.9 Å². The molecule has 3 rings (SSSR count). The molecular formula is C37H51BrN2O5Si. The molecule has 0 aliphatic heterocycles. The average Bonchev–Trinajstić information content (AvgIpc) is 2.96. The zero-order valence-electron chi connectivity index (χ0n) is 28.6. The van der Waals surface area contributed by atoms with E-state index in [1.807, 2.05) is 106 Å². The van der Waals surface area contributed by atoms with E-state index in [1.54, 1.807) is 0 Å². The van der Waals surface area contributed by atoms with E-state index >= 15 is 0 Å². The van der Waals surface area contributed by atoms with Crippen molar-refractivity contribution in [3.63, 3.8) is 0 Å². The van der Waals surface area contributed by atoms with E-state index in [2.05, 4.69) is 60.4 Å². The molecule has 3 aromatic carbocycles. The lowest BCUT2D eigenvalue weighted by Gasteiger charge is -2.42. The fourth-order valence-corrected chi connectivity index (χ4v) is 6.40. The van der Waals surface area contributed by atoms with Gasteiger partial charge < -0.3 is 24.5 Å². The predicted octanol–water partition coefficient (Wildman–Crippen LogP) is 9.20. The van der Waals surface area contributed by atoms with Crippen molar-refractivity contribution in [2.45, 2.75) is 109 Å². The van der Waals surface area contributed by atoms with Gasteiger partial charge in [-0.1, -0.05) is 109 Å². The van der Waals surface area contributed by atoms with E-state index < -0.39 is 38.3 Å². The summed E-state index contributed by atoms with van der Waals surface area (Å²) in [7, 11) is -2.35. The summed E-state index contributed by atoms with van der Waals surface area (Å²) in [5, 5.41) is 6.21. The smallest absolute Gasteiger partial charge is 0.407 e. The first-order valence-electron chi connectivity index (χ1n) is 15.9. The van der Waals surface area contributed by atoms with Crippen LogP contribution < -0.4 is 10.6 Å². The van der Waals surface area contributed by atoms with Crippen LogP contribution in [0.2, 0.25) is 18.1 Å². The van der Waals surface area contributed by atoms with Crippen molar-refractivity contribution in [2.24, 2.45) is 0 Å². The Bertz CT molecular complexity index is 1370. The molecule has 2 amide bonds. The normalized spacial score (nSPS) is 14.1. The molecule has 2 N–H and O–H groups in total. The Morgan fingerprint density at radius 2 is 1.28 bits per heavy atom. The molecule has 250 valence electrons. The summed E-state index contributed by atoms with van der Waals surface area (Å²) in [4.78, 5) is 26.5. The minimum Gasteiger partial charge on any atom is -0.445 e. The van der Waals surface area contributed by atoms with Crippen LogP contribution in [0.1, 0.15) is 64.7 Å². The molecule has 9 heteroatoms. The number of benzene rings is 3. The maximum atomic E-state index is 13.3. The van der Waals surface area contributed by atoms with Gasteiger partial charge in [0.05, 0.1) is 12.1 Å². The Labute approximate surface area is 285 Å². The maximum Gasteiger partial charge on any atom is 0.407 e. The van der Waals surface area contributed by atoms with Crippen molar-refractivity contribution in [3.05, 3.63) is 106 Å². The number of nitrogens with one attached hydrogen (secondary N) is 2. The second kappa shape index (κ2) is 16.6. The number of rotatable bonds is 13. The molecule has 0 heterocycles. The summed E-state index contributed by atoms with van der Waals surface area (Å²) in [6, 6.07) is 26.9. The lowest BCUT2D eigenvalue weighted by atomic mass is 9.94. The molecule has 3 atom stereocenters. The molecular weight excluding hydrogens is 660 g/mol. The van der Waals surface area contributed by atoms with Gasteiger partial charge in [0.2, 0.25) is 0 Å². The Kier molecular flexibility index (Phi) is 13.5. The predicted molar refractivity (Wildman–Crippen MR) is 191 cm³/mol. The molecule has 0 saturated heterocycles. The monoisotopic (exact) mass is 710 g/mol. The Balaban J connectivity index is 1.97. The van der Waals surface area contributed by atoms with Crippen LogP contribution in [0.25, 0.3) is 0 Å². The summed E-state index contributed by atoms with van der Waals surface area (Å²) < 4.78 is 19.5. The van der Waals surface area contributed by atoms with E-state index in [1.165, 1.54) is 0 Å². The summed E-state index contributed by atoms with van der Waals surface area (Å²) in [6.07, 6.45) is 0.0755. The first-order valence-corrected chi connectivity index (χ1v) is 19.6. The summed E-state index contributed by atoms with van der Waals surface area (Å²) in [5.41, 5.74) is 2.37. The SMILES string of the molecule is CC(C)(C)OC(=O)N[C@@H](Cc1ccccc1)[C@H](C[C@@H](Cc1ccc(Br)cc1)NC(=O)OCc1ccccc1)O[Si](C)(C)C(C)(C)C. The van der Waals surface area contributed by atoms with Crippen molar-refractivity contribution >= 4 is 36.4 Å². The molecule has 0 aromatic heterocycles. The van der Waals surface area contributed by atoms with Gasteiger partial charge in [0.15, 0.2) is 8.32 Å². The summed E-state index contributed by atoms with van der Waals surface area (Å²) in [5.74, 6) is 0. The number of ether oxygens (including phenoxy) is 2. The number of carbonyl (C=O) groups is 2. The molecule has 3 aromatic rings. The van der Waals surface area contributed by atoms with E-state index in [-0.39, 0.29) is 17.7 Å². The van der Waals surface area contributed by atoms with Crippen LogP contribution in [-0.4, -0.2) is 44.3 Å². The molecule has 46 heavy (non-hydrogen) atoms. The van der Waals surface area contributed by atoms with Gasteiger partial charge in [0.1, 0.15) is 12.2 Å². The van der Waals surface area contributed by atoms with Gasteiger partial charge in [-0.2, -0.15) is 0 Å². The third-order valence-corrected chi connectivity index (χ3v) is 13.2. The lowest BCUT2D eigenvalue weighted by Crippen LogP contribution is -2.55. The van der Waals surface area contributed by atoms with Gasteiger partial charge in [-0.05, 0) is 87.0 Å². The highest BCUT2D eigenvalue weighted by atomic mass is 79.9. The van der Waals surface area contributed by atoms with Gasteiger partial charge in [0.25, 0.3) is 0 Å². The second-order valence-electron chi connectivity index (χ2n) is 14.3. The van der Waals surface area contributed by atoms with Crippen molar-refractivity contribution in [3.8, 4) is 0 Å². The van der Waals surface area contributed by atoms with Crippen LogP contribution in [-0.2, 0) is 33.3 Å². The van der Waals surface area contributed by atoms with E-state index in [9.17, 15) is 9.59 Å². The molecule has 0 spiro atoms. The highest BCUT2D eigenvalue weighted by Gasteiger charge is 2.42. The fourth-order valence-electron chi connectivity index (χ4n) is 4.76. The minimum absolute atomic E-state index is 0.0856. The minimum atomic E-state index is -2.35. The van der Waals surface area contributed by atoms with Crippen LogP contribution in [0.5, 0.6) is 0 Å². The van der Waals surface area contributed by atoms with Gasteiger partial charge in [-0.25, -0.2) is 9.59 Å². The van der Waals surface area contributed by atoms with Gasteiger partial charge in [-0.15, -0.1) is 0 Å². The van der Waals surface area contributed by atoms with Gasteiger partial charge >= 0.3 is 12.2 Å². The summed E-state index contributed by atoms with van der Waals surface area (Å²) in [6.45, 7) is 16.7. The molecule has 0 fully saturated rings. The van der Waals surface area contributed by atoms with Crippen molar-refractivity contribution in [1.82, 2.24) is 10.6 Å².